The molecule has 3 N–H and O–H groups in total. The van der Waals surface area contributed by atoms with Crippen molar-refractivity contribution in [3.05, 3.63) is 28.4 Å². The minimum absolute atomic E-state index is 0.0431. The SMILES string of the molecule is O=C(O)c1[nH]c2cccc(O)c2c1Br. The molecule has 0 saturated heterocycles. The molecule has 14 heavy (non-hydrogen) atoms. The quantitative estimate of drug-likeness (QED) is 0.733. The number of carboxylic acid groups (broad SMARTS) is 1. The molecule has 0 amide bonds. The third-order valence-corrected chi connectivity index (χ3v) is 2.75. The van der Waals surface area contributed by atoms with Crippen LogP contribution in [-0.2, 0) is 0 Å². The number of benzene rings is 1. The number of hydrogen-bond acceptors (Lipinski definition) is 2. The van der Waals surface area contributed by atoms with Crippen molar-refractivity contribution in [3.8, 4) is 5.75 Å². The number of hydrogen-bond donors (Lipinski definition) is 3. The number of aromatic carboxylic acids is 1. The van der Waals surface area contributed by atoms with Gasteiger partial charge in [0.1, 0.15) is 11.4 Å². The minimum atomic E-state index is -1.06. The summed E-state index contributed by atoms with van der Waals surface area (Å²) in [4.78, 5) is 13.5. The molecule has 0 atom stereocenters. The first-order chi connectivity index (χ1) is 6.61. The average Bonchev–Trinajstić information content (AvgIpc) is 2.45. The zero-order valence-electron chi connectivity index (χ0n) is 6.91. The number of aromatic nitrogens is 1. The number of aromatic amines is 1. The minimum Gasteiger partial charge on any atom is -0.507 e. The number of fused-ring (bicyclic) bond motifs is 1. The highest BCUT2D eigenvalue weighted by molar-refractivity contribution is 9.10. The molecule has 2 rings (SSSR count). The van der Waals surface area contributed by atoms with Gasteiger partial charge in [-0.05, 0) is 28.1 Å². The lowest BCUT2D eigenvalue weighted by Crippen LogP contribution is -1.96. The van der Waals surface area contributed by atoms with Crippen LogP contribution >= 0.6 is 15.9 Å². The van der Waals surface area contributed by atoms with E-state index in [1.807, 2.05) is 0 Å². The molecule has 0 saturated carbocycles. The summed E-state index contributed by atoms with van der Waals surface area (Å²) in [6, 6.07) is 4.85. The van der Waals surface area contributed by atoms with E-state index in [0.29, 0.717) is 15.4 Å². The van der Waals surface area contributed by atoms with Gasteiger partial charge < -0.3 is 15.2 Å². The third-order valence-electron chi connectivity index (χ3n) is 1.95. The second-order valence-corrected chi connectivity index (χ2v) is 3.61. The average molecular weight is 256 g/mol. The van der Waals surface area contributed by atoms with Crippen molar-refractivity contribution in [1.29, 1.82) is 0 Å². The fourth-order valence-electron chi connectivity index (χ4n) is 1.34. The Labute approximate surface area is 87.3 Å². The van der Waals surface area contributed by atoms with Crippen LogP contribution in [0.5, 0.6) is 5.75 Å². The molecule has 1 heterocycles. The molecule has 0 radical (unpaired) electrons. The lowest BCUT2D eigenvalue weighted by atomic mass is 10.2. The van der Waals surface area contributed by atoms with Gasteiger partial charge in [0, 0.05) is 0 Å². The number of carbonyl (C=O) groups is 1. The van der Waals surface area contributed by atoms with Crippen molar-refractivity contribution in [1.82, 2.24) is 4.98 Å². The Bertz CT molecular complexity index is 518. The number of rotatable bonds is 1. The van der Waals surface area contributed by atoms with Crippen molar-refractivity contribution < 1.29 is 15.0 Å². The molecule has 1 aromatic carbocycles. The van der Waals surface area contributed by atoms with Crippen LogP contribution in [0.1, 0.15) is 10.5 Å². The topological polar surface area (TPSA) is 73.3 Å². The predicted octanol–water partition coefficient (Wildman–Crippen LogP) is 2.33. The van der Waals surface area contributed by atoms with Gasteiger partial charge in [0.25, 0.3) is 0 Å². The van der Waals surface area contributed by atoms with E-state index in [-0.39, 0.29) is 11.4 Å². The zero-order valence-corrected chi connectivity index (χ0v) is 8.50. The van der Waals surface area contributed by atoms with E-state index in [9.17, 15) is 9.90 Å². The predicted molar refractivity (Wildman–Crippen MR) is 54.6 cm³/mol. The van der Waals surface area contributed by atoms with E-state index in [1.54, 1.807) is 12.1 Å². The molecule has 0 aliphatic carbocycles. The van der Waals surface area contributed by atoms with Gasteiger partial charge in [-0.15, -0.1) is 0 Å². The molecule has 0 spiro atoms. The van der Waals surface area contributed by atoms with Crippen molar-refractivity contribution in [2.45, 2.75) is 0 Å². The van der Waals surface area contributed by atoms with Crippen molar-refractivity contribution in [2.75, 3.05) is 0 Å². The fraction of sp³-hybridized carbons (Fsp3) is 0. The van der Waals surface area contributed by atoms with Gasteiger partial charge >= 0.3 is 5.97 Å². The molecular weight excluding hydrogens is 250 g/mol. The lowest BCUT2D eigenvalue weighted by molar-refractivity contribution is 0.0690. The first kappa shape index (κ1) is 9.08. The first-order valence-electron chi connectivity index (χ1n) is 3.83. The Kier molecular flexibility index (Phi) is 1.96. The number of halogens is 1. The lowest BCUT2D eigenvalue weighted by Gasteiger charge is -1.93. The van der Waals surface area contributed by atoms with Crippen LogP contribution in [0.15, 0.2) is 22.7 Å². The van der Waals surface area contributed by atoms with Crippen LogP contribution in [0.2, 0.25) is 0 Å². The molecule has 1 aromatic heterocycles. The summed E-state index contributed by atoms with van der Waals surface area (Å²) in [5.74, 6) is -1.01. The molecule has 0 aliphatic heterocycles. The highest BCUT2D eigenvalue weighted by atomic mass is 79.9. The van der Waals surface area contributed by atoms with E-state index in [0.717, 1.165) is 0 Å². The summed E-state index contributed by atoms with van der Waals surface area (Å²) in [5, 5.41) is 18.8. The highest BCUT2D eigenvalue weighted by Crippen LogP contribution is 2.34. The number of H-pyrrole nitrogens is 1. The highest BCUT2D eigenvalue weighted by Gasteiger charge is 2.16. The summed E-state index contributed by atoms with van der Waals surface area (Å²) < 4.78 is 0.373. The van der Waals surface area contributed by atoms with Gasteiger partial charge in [-0.1, -0.05) is 6.07 Å². The Morgan fingerprint density at radius 2 is 2.14 bits per heavy atom. The maximum Gasteiger partial charge on any atom is 0.353 e. The van der Waals surface area contributed by atoms with Crippen LogP contribution in [0.4, 0.5) is 0 Å². The first-order valence-corrected chi connectivity index (χ1v) is 4.63. The number of phenolic OH excluding ortho intramolecular Hbond substituents is 1. The van der Waals surface area contributed by atoms with Crippen LogP contribution < -0.4 is 0 Å². The largest absolute Gasteiger partial charge is 0.507 e. The van der Waals surface area contributed by atoms with E-state index in [4.69, 9.17) is 5.11 Å². The summed E-state index contributed by atoms with van der Waals surface area (Å²) in [6.07, 6.45) is 0. The van der Waals surface area contributed by atoms with Crippen LogP contribution in [0.3, 0.4) is 0 Å². The molecule has 5 heteroatoms. The van der Waals surface area contributed by atoms with Crippen LogP contribution in [0, 0.1) is 0 Å². The third kappa shape index (κ3) is 1.17. The van der Waals surface area contributed by atoms with E-state index < -0.39 is 5.97 Å². The van der Waals surface area contributed by atoms with Crippen molar-refractivity contribution in [2.24, 2.45) is 0 Å². The summed E-state index contributed by atoms with van der Waals surface area (Å²) in [5.41, 5.74) is 0.635. The second kappa shape index (κ2) is 3.02. The molecular formula is C9H6BrNO3. The van der Waals surface area contributed by atoms with E-state index in [1.165, 1.54) is 6.07 Å². The monoisotopic (exact) mass is 255 g/mol. The number of phenols is 1. The Balaban J connectivity index is 2.87. The smallest absolute Gasteiger partial charge is 0.353 e. The van der Waals surface area contributed by atoms with Gasteiger partial charge in [0.15, 0.2) is 0 Å². The fourth-order valence-corrected chi connectivity index (χ4v) is 2.02. The van der Waals surface area contributed by atoms with Crippen LogP contribution in [-0.4, -0.2) is 21.2 Å². The summed E-state index contributed by atoms with van der Waals surface area (Å²) in [7, 11) is 0. The van der Waals surface area contributed by atoms with Gasteiger partial charge in [-0.2, -0.15) is 0 Å². The maximum absolute atomic E-state index is 10.8. The molecule has 0 bridgehead atoms. The van der Waals surface area contributed by atoms with Crippen molar-refractivity contribution >= 4 is 32.8 Å². The van der Waals surface area contributed by atoms with Gasteiger partial charge in [0.05, 0.1) is 15.4 Å². The molecule has 4 nitrogen and oxygen atoms in total. The number of carboxylic acids is 1. The normalized spacial score (nSPS) is 10.6. The van der Waals surface area contributed by atoms with E-state index in [2.05, 4.69) is 20.9 Å². The Morgan fingerprint density at radius 1 is 1.43 bits per heavy atom. The molecule has 0 unspecified atom stereocenters. The summed E-state index contributed by atoms with van der Waals surface area (Å²) >= 11 is 3.13. The Morgan fingerprint density at radius 3 is 2.71 bits per heavy atom. The molecule has 0 aliphatic rings. The second-order valence-electron chi connectivity index (χ2n) is 2.82. The zero-order chi connectivity index (χ0) is 10.3. The van der Waals surface area contributed by atoms with Crippen molar-refractivity contribution in [3.63, 3.8) is 0 Å². The maximum atomic E-state index is 10.8. The van der Waals surface area contributed by atoms with Gasteiger partial charge in [0.2, 0.25) is 0 Å². The number of aromatic hydroxyl groups is 1. The standard InChI is InChI=1S/C9H6BrNO3/c10-7-6-4(2-1-3-5(6)12)11-8(7)9(13)14/h1-3,11-12H,(H,13,14). The molecule has 72 valence electrons. The van der Waals surface area contributed by atoms with E-state index >= 15 is 0 Å². The molecule has 2 aromatic rings. The van der Waals surface area contributed by atoms with Gasteiger partial charge in [-0.3, -0.25) is 0 Å². The molecule has 0 fully saturated rings. The number of nitrogens with one attached hydrogen (secondary N) is 1. The summed E-state index contributed by atoms with van der Waals surface area (Å²) in [6.45, 7) is 0. The van der Waals surface area contributed by atoms with Crippen LogP contribution in [0.25, 0.3) is 10.9 Å². The van der Waals surface area contributed by atoms with Gasteiger partial charge in [-0.25, -0.2) is 4.79 Å². The Hall–Kier alpha value is -1.49.